The molecule has 0 saturated heterocycles. The predicted octanol–water partition coefficient (Wildman–Crippen LogP) is 0.280. The molecule has 1 aliphatic carbocycles. The van der Waals surface area contributed by atoms with Crippen LogP contribution in [0, 0.1) is 5.41 Å². The Kier molecular flexibility index (Phi) is 2.71. The first-order valence-corrected chi connectivity index (χ1v) is 4.29. The summed E-state index contributed by atoms with van der Waals surface area (Å²) in [4.78, 5) is 22.4. The monoisotopic (exact) mass is 186 g/mol. The van der Waals surface area contributed by atoms with Crippen LogP contribution in [0.5, 0.6) is 0 Å². The zero-order valence-electron chi connectivity index (χ0n) is 7.87. The van der Waals surface area contributed by atoms with Crippen molar-refractivity contribution in [1.82, 2.24) is 0 Å². The van der Waals surface area contributed by atoms with Crippen LogP contribution >= 0.6 is 0 Å². The number of aliphatic hydroxyl groups is 1. The van der Waals surface area contributed by atoms with Gasteiger partial charge < -0.3 is 9.84 Å². The number of carbonyl (C=O) groups is 2. The third-order valence-corrected chi connectivity index (χ3v) is 2.65. The number of hydrogen-bond acceptors (Lipinski definition) is 4. The van der Waals surface area contributed by atoms with Crippen molar-refractivity contribution in [3.63, 3.8) is 0 Å². The molecule has 1 fully saturated rings. The standard InChI is InChI=1S/C9H14O4/c1-9(8(12)13-2)5-6(10)3-4-7(9)11/h7,11H,3-5H2,1-2H3. The first-order chi connectivity index (χ1) is 6.00. The van der Waals surface area contributed by atoms with E-state index in [1.807, 2.05) is 0 Å². The van der Waals surface area contributed by atoms with Crippen molar-refractivity contribution >= 4 is 11.8 Å². The van der Waals surface area contributed by atoms with Crippen LogP contribution in [-0.2, 0) is 14.3 Å². The molecular formula is C9H14O4. The molecule has 4 nitrogen and oxygen atoms in total. The fraction of sp³-hybridized carbons (Fsp3) is 0.778. The van der Waals surface area contributed by atoms with Crippen molar-refractivity contribution in [2.24, 2.45) is 5.41 Å². The van der Waals surface area contributed by atoms with Gasteiger partial charge in [-0.2, -0.15) is 0 Å². The minimum absolute atomic E-state index is 0.0122. The van der Waals surface area contributed by atoms with Crippen LogP contribution in [0.3, 0.4) is 0 Å². The van der Waals surface area contributed by atoms with E-state index in [0.29, 0.717) is 12.8 Å². The molecule has 0 aromatic carbocycles. The van der Waals surface area contributed by atoms with E-state index < -0.39 is 17.5 Å². The first-order valence-electron chi connectivity index (χ1n) is 4.29. The molecule has 1 saturated carbocycles. The molecule has 4 heteroatoms. The molecule has 13 heavy (non-hydrogen) atoms. The zero-order valence-corrected chi connectivity index (χ0v) is 7.87. The van der Waals surface area contributed by atoms with Crippen molar-refractivity contribution in [3.8, 4) is 0 Å². The van der Waals surface area contributed by atoms with Gasteiger partial charge in [0.05, 0.1) is 18.6 Å². The SMILES string of the molecule is COC(=O)C1(C)CC(=O)CCC1O. The van der Waals surface area contributed by atoms with Crippen LogP contribution in [0.15, 0.2) is 0 Å². The molecule has 0 aromatic rings. The molecule has 0 amide bonds. The largest absolute Gasteiger partial charge is 0.469 e. The van der Waals surface area contributed by atoms with E-state index >= 15 is 0 Å². The molecule has 0 heterocycles. The molecule has 1 N–H and O–H groups in total. The lowest BCUT2D eigenvalue weighted by molar-refractivity contribution is -0.164. The fourth-order valence-corrected chi connectivity index (χ4v) is 1.67. The summed E-state index contributed by atoms with van der Waals surface area (Å²) in [6.45, 7) is 1.57. The number of ketones is 1. The third-order valence-electron chi connectivity index (χ3n) is 2.65. The molecular weight excluding hydrogens is 172 g/mol. The molecule has 1 rings (SSSR count). The van der Waals surface area contributed by atoms with Gasteiger partial charge in [0.15, 0.2) is 0 Å². The molecule has 1 aliphatic rings. The van der Waals surface area contributed by atoms with Crippen LogP contribution in [0.2, 0.25) is 0 Å². The van der Waals surface area contributed by atoms with E-state index in [4.69, 9.17) is 0 Å². The maximum Gasteiger partial charge on any atom is 0.314 e. The summed E-state index contributed by atoms with van der Waals surface area (Å²) in [6.07, 6.45) is 0.0246. The second-order valence-electron chi connectivity index (χ2n) is 3.68. The highest BCUT2D eigenvalue weighted by Gasteiger charge is 2.46. The van der Waals surface area contributed by atoms with E-state index in [1.165, 1.54) is 7.11 Å². The van der Waals surface area contributed by atoms with E-state index in [1.54, 1.807) is 6.92 Å². The van der Waals surface area contributed by atoms with Gasteiger partial charge in [-0.15, -0.1) is 0 Å². The molecule has 2 unspecified atom stereocenters. The van der Waals surface area contributed by atoms with Gasteiger partial charge in [-0.25, -0.2) is 0 Å². The maximum atomic E-state index is 11.3. The molecule has 0 bridgehead atoms. The Morgan fingerprint density at radius 3 is 2.85 bits per heavy atom. The second-order valence-corrected chi connectivity index (χ2v) is 3.68. The third kappa shape index (κ3) is 1.72. The molecule has 0 aromatic heterocycles. The summed E-state index contributed by atoms with van der Waals surface area (Å²) >= 11 is 0. The lowest BCUT2D eigenvalue weighted by atomic mass is 9.73. The van der Waals surface area contributed by atoms with Crippen LogP contribution in [-0.4, -0.2) is 30.1 Å². The minimum Gasteiger partial charge on any atom is -0.469 e. The average Bonchev–Trinajstić information content (AvgIpc) is 2.10. The topological polar surface area (TPSA) is 63.6 Å². The number of Topliss-reactive ketones (excluding diaryl/α,β-unsaturated/α-hetero) is 1. The number of aliphatic hydroxyl groups excluding tert-OH is 1. The summed E-state index contributed by atoms with van der Waals surface area (Å²) in [5.41, 5.74) is -1.04. The Hall–Kier alpha value is -0.900. The Morgan fingerprint density at radius 1 is 1.69 bits per heavy atom. The van der Waals surface area contributed by atoms with Gasteiger partial charge in [-0.1, -0.05) is 0 Å². The van der Waals surface area contributed by atoms with Gasteiger partial charge in [-0.3, -0.25) is 9.59 Å². The van der Waals surface area contributed by atoms with Gasteiger partial charge in [0.2, 0.25) is 0 Å². The number of methoxy groups -OCH3 is 1. The lowest BCUT2D eigenvalue weighted by Crippen LogP contribution is -2.45. The minimum atomic E-state index is -1.04. The normalized spacial score (nSPS) is 34.4. The summed E-state index contributed by atoms with van der Waals surface area (Å²) in [6, 6.07) is 0. The quantitative estimate of drug-likeness (QED) is 0.597. The van der Waals surface area contributed by atoms with Crippen LogP contribution in [0.4, 0.5) is 0 Å². The predicted molar refractivity (Wildman–Crippen MR) is 45.0 cm³/mol. The van der Waals surface area contributed by atoms with Crippen molar-refractivity contribution in [1.29, 1.82) is 0 Å². The fourth-order valence-electron chi connectivity index (χ4n) is 1.67. The van der Waals surface area contributed by atoms with Crippen LogP contribution in [0.1, 0.15) is 26.2 Å². The van der Waals surface area contributed by atoms with Gasteiger partial charge in [0.1, 0.15) is 5.78 Å². The Bertz CT molecular complexity index is 236. The Balaban J connectivity index is 2.84. The lowest BCUT2D eigenvalue weighted by Gasteiger charge is -2.34. The van der Waals surface area contributed by atoms with Gasteiger partial charge in [0.25, 0.3) is 0 Å². The van der Waals surface area contributed by atoms with Crippen molar-refractivity contribution in [2.75, 3.05) is 7.11 Å². The van der Waals surface area contributed by atoms with Gasteiger partial charge >= 0.3 is 5.97 Å². The smallest absolute Gasteiger partial charge is 0.314 e. The molecule has 2 atom stereocenters. The summed E-state index contributed by atoms with van der Waals surface area (Å²) in [7, 11) is 1.26. The van der Waals surface area contributed by atoms with Gasteiger partial charge in [-0.05, 0) is 13.3 Å². The van der Waals surface area contributed by atoms with Crippen molar-refractivity contribution in [3.05, 3.63) is 0 Å². The number of esters is 1. The first kappa shape index (κ1) is 10.2. The number of hydrogen-bond donors (Lipinski definition) is 1. The molecule has 0 aliphatic heterocycles. The Morgan fingerprint density at radius 2 is 2.31 bits per heavy atom. The average molecular weight is 186 g/mol. The van der Waals surface area contributed by atoms with E-state index in [0.717, 1.165) is 0 Å². The number of carbonyl (C=O) groups excluding carboxylic acids is 2. The van der Waals surface area contributed by atoms with E-state index in [-0.39, 0.29) is 12.2 Å². The summed E-state index contributed by atoms with van der Waals surface area (Å²) in [5, 5.41) is 9.59. The highest BCUT2D eigenvalue weighted by molar-refractivity contribution is 5.88. The highest BCUT2D eigenvalue weighted by Crippen LogP contribution is 2.35. The van der Waals surface area contributed by atoms with Gasteiger partial charge in [0, 0.05) is 12.8 Å². The highest BCUT2D eigenvalue weighted by atomic mass is 16.5. The summed E-state index contributed by atoms with van der Waals surface area (Å²) in [5.74, 6) is -0.494. The van der Waals surface area contributed by atoms with Crippen molar-refractivity contribution < 1.29 is 19.4 Å². The molecule has 0 radical (unpaired) electrons. The Labute approximate surface area is 76.9 Å². The number of ether oxygens (including phenoxy) is 1. The zero-order chi connectivity index (χ0) is 10.1. The van der Waals surface area contributed by atoms with E-state index in [9.17, 15) is 14.7 Å². The van der Waals surface area contributed by atoms with Crippen LogP contribution < -0.4 is 0 Å². The maximum absolute atomic E-state index is 11.3. The van der Waals surface area contributed by atoms with E-state index in [2.05, 4.69) is 4.74 Å². The number of rotatable bonds is 1. The second kappa shape index (κ2) is 3.46. The van der Waals surface area contributed by atoms with Crippen molar-refractivity contribution in [2.45, 2.75) is 32.3 Å². The molecule has 74 valence electrons. The molecule has 0 spiro atoms. The van der Waals surface area contributed by atoms with Crippen LogP contribution in [0.25, 0.3) is 0 Å². The summed E-state index contributed by atoms with van der Waals surface area (Å²) < 4.78 is 4.56.